The zero-order chi connectivity index (χ0) is 14.7. The Morgan fingerprint density at radius 2 is 2.19 bits per heavy atom. The van der Waals surface area contributed by atoms with Gasteiger partial charge in [-0.15, -0.1) is 10.2 Å². The fourth-order valence-electron chi connectivity index (χ4n) is 2.54. The zero-order valence-electron chi connectivity index (χ0n) is 12.1. The Hall–Kier alpha value is -2.08. The molecule has 1 aliphatic rings. The van der Waals surface area contributed by atoms with E-state index >= 15 is 0 Å². The van der Waals surface area contributed by atoms with Crippen LogP contribution in [-0.4, -0.2) is 27.0 Å². The second-order valence-electron chi connectivity index (χ2n) is 5.06. The number of fused-ring (bicyclic) bond motifs is 1. The summed E-state index contributed by atoms with van der Waals surface area (Å²) in [6.07, 6.45) is 3.30. The van der Waals surface area contributed by atoms with E-state index in [0.29, 0.717) is 18.1 Å². The summed E-state index contributed by atoms with van der Waals surface area (Å²) < 4.78 is 13.1. The number of hydrogen-bond donors (Lipinski definition) is 1. The third kappa shape index (κ3) is 2.85. The first-order valence-electron chi connectivity index (χ1n) is 7.13. The van der Waals surface area contributed by atoms with Crippen molar-refractivity contribution in [3.8, 4) is 11.5 Å². The van der Waals surface area contributed by atoms with Gasteiger partial charge in [-0.2, -0.15) is 0 Å². The molecule has 1 aromatic heterocycles. The average molecular weight is 289 g/mol. The van der Waals surface area contributed by atoms with Gasteiger partial charge in [-0.1, -0.05) is 0 Å². The van der Waals surface area contributed by atoms with Crippen molar-refractivity contribution in [1.29, 1.82) is 0 Å². The number of methoxy groups -OCH3 is 1. The molecule has 0 aliphatic carbocycles. The highest BCUT2D eigenvalue weighted by atomic mass is 16.5. The van der Waals surface area contributed by atoms with E-state index in [2.05, 4.69) is 14.8 Å². The van der Waals surface area contributed by atoms with E-state index in [1.165, 1.54) is 6.42 Å². The first-order chi connectivity index (χ1) is 10.3. The second kappa shape index (κ2) is 6.13. The average Bonchev–Trinajstić information content (AvgIpc) is 2.96. The van der Waals surface area contributed by atoms with Crippen molar-refractivity contribution in [3.05, 3.63) is 35.4 Å². The molecule has 1 aliphatic heterocycles. The monoisotopic (exact) mass is 289 g/mol. The predicted octanol–water partition coefficient (Wildman–Crippen LogP) is 1.69. The van der Waals surface area contributed by atoms with Crippen LogP contribution in [0.25, 0.3) is 0 Å². The van der Waals surface area contributed by atoms with Gasteiger partial charge in [-0.25, -0.2) is 0 Å². The smallest absolute Gasteiger partial charge is 0.171 e. The Bertz CT molecular complexity index is 625. The quantitative estimate of drug-likeness (QED) is 0.907. The molecule has 21 heavy (non-hydrogen) atoms. The molecule has 6 heteroatoms. The molecule has 2 heterocycles. The van der Waals surface area contributed by atoms with Crippen molar-refractivity contribution in [2.24, 2.45) is 0 Å². The van der Waals surface area contributed by atoms with Crippen LogP contribution in [0.4, 0.5) is 0 Å². The van der Waals surface area contributed by atoms with E-state index in [1.807, 2.05) is 0 Å². The first kappa shape index (κ1) is 13.9. The lowest BCUT2D eigenvalue weighted by Crippen LogP contribution is -2.14. The molecule has 0 spiro atoms. The minimum atomic E-state index is -0.0722. The van der Waals surface area contributed by atoms with Crippen LogP contribution in [0.15, 0.2) is 18.2 Å². The number of aliphatic hydroxyl groups is 1. The van der Waals surface area contributed by atoms with Crippen molar-refractivity contribution in [2.75, 3.05) is 7.11 Å². The molecule has 0 saturated carbocycles. The largest absolute Gasteiger partial charge is 0.497 e. The highest BCUT2D eigenvalue weighted by Gasteiger charge is 2.16. The molecule has 0 radical (unpaired) electrons. The van der Waals surface area contributed by atoms with Gasteiger partial charge in [0.1, 0.15) is 23.9 Å². The molecule has 1 N–H and O–H groups in total. The van der Waals surface area contributed by atoms with Crippen LogP contribution < -0.4 is 9.47 Å². The maximum atomic E-state index is 9.38. The molecule has 0 bridgehead atoms. The van der Waals surface area contributed by atoms with Gasteiger partial charge in [0, 0.05) is 24.6 Å². The molecule has 0 saturated heterocycles. The summed E-state index contributed by atoms with van der Waals surface area (Å²) in [7, 11) is 1.60. The highest BCUT2D eigenvalue weighted by molar-refractivity contribution is 5.40. The molecule has 0 atom stereocenters. The zero-order valence-corrected chi connectivity index (χ0v) is 12.1. The van der Waals surface area contributed by atoms with Crippen LogP contribution >= 0.6 is 0 Å². The Kier molecular flexibility index (Phi) is 4.06. The van der Waals surface area contributed by atoms with Crippen LogP contribution in [0, 0.1) is 0 Å². The SMILES string of the molecule is COc1ccc(CO)c(OCc2nnc3n2CCCC3)c1. The molecule has 112 valence electrons. The lowest BCUT2D eigenvalue weighted by molar-refractivity contribution is 0.251. The third-order valence-electron chi connectivity index (χ3n) is 3.74. The predicted molar refractivity (Wildman–Crippen MR) is 76.2 cm³/mol. The van der Waals surface area contributed by atoms with Crippen LogP contribution in [0.1, 0.15) is 30.1 Å². The van der Waals surface area contributed by atoms with E-state index in [9.17, 15) is 5.11 Å². The molecule has 0 fully saturated rings. The number of aromatic nitrogens is 3. The van der Waals surface area contributed by atoms with Crippen molar-refractivity contribution in [1.82, 2.24) is 14.8 Å². The fourth-order valence-corrected chi connectivity index (χ4v) is 2.54. The molecule has 6 nitrogen and oxygen atoms in total. The summed E-state index contributed by atoms with van der Waals surface area (Å²) in [5.41, 5.74) is 0.731. The summed E-state index contributed by atoms with van der Waals surface area (Å²) in [5, 5.41) is 17.8. The van der Waals surface area contributed by atoms with Gasteiger partial charge < -0.3 is 19.1 Å². The normalized spacial score (nSPS) is 13.8. The van der Waals surface area contributed by atoms with Gasteiger partial charge in [0.2, 0.25) is 0 Å². The van der Waals surface area contributed by atoms with Crippen LogP contribution in [0.2, 0.25) is 0 Å². The van der Waals surface area contributed by atoms with Crippen LogP contribution in [0.3, 0.4) is 0 Å². The van der Waals surface area contributed by atoms with E-state index in [0.717, 1.165) is 36.6 Å². The van der Waals surface area contributed by atoms with E-state index in [4.69, 9.17) is 9.47 Å². The molecule has 2 aromatic rings. The molecule has 0 amide bonds. The summed E-state index contributed by atoms with van der Waals surface area (Å²) >= 11 is 0. The topological polar surface area (TPSA) is 69.4 Å². The molecular formula is C15H19N3O3. The number of rotatable bonds is 5. The first-order valence-corrected chi connectivity index (χ1v) is 7.13. The van der Waals surface area contributed by atoms with Crippen molar-refractivity contribution in [3.63, 3.8) is 0 Å². The van der Waals surface area contributed by atoms with Gasteiger partial charge in [-0.05, 0) is 25.0 Å². The summed E-state index contributed by atoms with van der Waals surface area (Å²) in [4.78, 5) is 0. The number of hydrogen-bond acceptors (Lipinski definition) is 5. The van der Waals surface area contributed by atoms with Gasteiger partial charge in [0.05, 0.1) is 13.7 Å². The highest BCUT2D eigenvalue weighted by Crippen LogP contribution is 2.26. The summed E-state index contributed by atoms with van der Waals surface area (Å²) in [5.74, 6) is 3.18. The van der Waals surface area contributed by atoms with E-state index in [1.54, 1.807) is 25.3 Å². The Morgan fingerprint density at radius 3 is 3.00 bits per heavy atom. The molecule has 3 rings (SSSR count). The molecular weight excluding hydrogens is 270 g/mol. The Labute approximate surface area is 123 Å². The van der Waals surface area contributed by atoms with Gasteiger partial charge in [0.25, 0.3) is 0 Å². The number of aliphatic hydroxyl groups excluding tert-OH is 1. The minimum absolute atomic E-state index is 0.0722. The van der Waals surface area contributed by atoms with E-state index in [-0.39, 0.29) is 6.61 Å². The maximum absolute atomic E-state index is 9.38. The minimum Gasteiger partial charge on any atom is -0.497 e. The fraction of sp³-hybridized carbons (Fsp3) is 0.467. The van der Waals surface area contributed by atoms with Gasteiger partial charge in [0.15, 0.2) is 5.82 Å². The molecule has 0 unspecified atom stereocenters. The lowest BCUT2D eigenvalue weighted by Gasteiger charge is -2.16. The Balaban J connectivity index is 1.77. The molecule has 1 aromatic carbocycles. The summed E-state index contributed by atoms with van der Waals surface area (Å²) in [6.45, 7) is 1.22. The number of benzene rings is 1. The summed E-state index contributed by atoms with van der Waals surface area (Å²) in [6, 6.07) is 5.38. The van der Waals surface area contributed by atoms with Crippen molar-refractivity contribution in [2.45, 2.75) is 39.0 Å². The van der Waals surface area contributed by atoms with Gasteiger partial charge >= 0.3 is 0 Å². The standard InChI is InChI=1S/C15H19N3O3/c1-20-12-6-5-11(9-19)13(8-12)21-10-15-17-16-14-4-2-3-7-18(14)15/h5-6,8,19H,2-4,7,9-10H2,1H3. The number of ether oxygens (including phenoxy) is 2. The number of aryl methyl sites for hydroxylation is 1. The van der Waals surface area contributed by atoms with Crippen molar-refractivity contribution < 1.29 is 14.6 Å². The third-order valence-corrected chi connectivity index (χ3v) is 3.74. The van der Waals surface area contributed by atoms with Crippen molar-refractivity contribution >= 4 is 0 Å². The maximum Gasteiger partial charge on any atom is 0.171 e. The van der Waals surface area contributed by atoms with E-state index < -0.39 is 0 Å². The van der Waals surface area contributed by atoms with Crippen LogP contribution in [0.5, 0.6) is 11.5 Å². The van der Waals surface area contributed by atoms with Gasteiger partial charge in [-0.3, -0.25) is 0 Å². The van der Waals surface area contributed by atoms with Crippen LogP contribution in [-0.2, 0) is 26.2 Å². The lowest BCUT2D eigenvalue weighted by atomic mass is 10.2. The Morgan fingerprint density at radius 1 is 1.29 bits per heavy atom. The number of nitrogens with zero attached hydrogens (tertiary/aromatic N) is 3. The second-order valence-corrected chi connectivity index (χ2v) is 5.06.